The topological polar surface area (TPSA) is 84.3 Å². The van der Waals surface area contributed by atoms with Crippen molar-refractivity contribution in [3.8, 4) is 0 Å². The lowest BCUT2D eigenvalue weighted by molar-refractivity contribution is -0.123. The molecular weight excluding hydrogens is 460 g/mol. The van der Waals surface area contributed by atoms with Crippen molar-refractivity contribution in [2.75, 3.05) is 19.6 Å². The Morgan fingerprint density at radius 1 is 1.06 bits per heavy atom. The van der Waals surface area contributed by atoms with Gasteiger partial charge < -0.3 is 9.88 Å². The summed E-state index contributed by atoms with van der Waals surface area (Å²) in [4.78, 5) is 17.8. The van der Waals surface area contributed by atoms with Gasteiger partial charge in [-0.1, -0.05) is 6.42 Å². The Morgan fingerprint density at radius 2 is 1.71 bits per heavy atom. The maximum absolute atomic E-state index is 13.1. The predicted octanol–water partition coefficient (Wildman–Crippen LogP) is 4.01. The number of aryl methyl sites for hydroxylation is 2. The minimum atomic E-state index is -3.49. The summed E-state index contributed by atoms with van der Waals surface area (Å²) in [6.45, 7) is 2.01. The molecule has 2 aromatic rings. The van der Waals surface area contributed by atoms with Crippen molar-refractivity contribution in [1.82, 2.24) is 19.2 Å². The van der Waals surface area contributed by atoms with Gasteiger partial charge in [0, 0.05) is 39.5 Å². The minimum absolute atomic E-state index is 0.0983. The molecule has 1 amide bonds. The van der Waals surface area contributed by atoms with Gasteiger partial charge in [-0.2, -0.15) is 4.31 Å². The van der Waals surface area contributed by atoms with E-state index in [1.165, 1.54) is 38.5 Å². The van der Waals surface area contributed by atoms with Gasteiger partial charge in [0.25, 0.3) is 0 Å². The van der Waals surface area contributed by atoms with E-state index in [0.717, 1.165) is 54.9 Å². The first-order chi connectivity index (χ1) is 16.8. The van der Waals surface area contributed by atoms with Crippen molar-refractivity contribution >= 4 is 27.0 Å². The molecule has 5 fully saturated rings. The molecular formula is C27H38N4O3S. The number of aromatic nitrogens is 2. The third-order valence-corrected chi connectivity index (χ3v) is 11.2. The van der Waals surface area contributed by atoms with E-state index >= 15 is 0 Å². The molecule has 8 heteroatoms. The Bertz CT molecular complexity index is 1190. The lowest BCUT2D eigenvalue weighted by Crippen LogP contribution is -2.51. The van der Waals surface area contributed by atoms with Gasteiger partial charge >= 0.3 is 0 Å². The maximum Gasteiger partial charge on any atom is 0.243 e. The number of carbonyl (C=O) groups is 1. The van der Waals surface area contributed by atoms with E-state index in [4.69, 9.17) is 4.98 Å². The van der Waals surface area contributed by atoms with Crippen molar-refractivity contribution in [3.63, 3.8) is 0 Å². The molecule has 2 heterocycles. The fourth-order valence-corrected chi connectivity index (χ4v) is 9.51. The molecule has 7 rings (SSSR count). The Hall–Kier alpha value is -1.93. The quantitative estimate of drug-likeness (QED) is 0.625. The number of rotatable bonds is 7. The average molecular weight is 499 g/mol. The van der Waals surface area contributed by atoms with Crippen LogP contribution in [0.4, 0.5) is 0 Å². The van der Waals surface area contributed by atoms with E-state index in [-0.39, 0.29) is 5.91 Å². The zero-order valence-corrected chi connectivity index (χ0v) is 21.7. The number of carbonyl (C=O) groups excluding carboxylic acids is 1. The van der Waals surface area contributed by atoms with Crippen molar-refractivity contribution in [2.45, 2.75) is 75.5 Å². The van der Waals surface area contributed by atoms with E-state index in [0.29, 0.717) is 41.8 Å². The number of imidazole rings is 1. The number of amides is 1. The molecule has 5 aliphatic rings. The van der Waals surface area contributed by atoms with Crippen LogP contribution < -0.4 is 5.32 Å². The third-order valence-electron chi connectivity index (χ3n) is 9.30. The van der Waals surface area contributed by atoms with Crippen LogP contribution >= 0.6 is 0 Å². The zero-order chi connectivity index (χ0) is 24.2. The molecule has 35 heavy (non-hydrogen) atoms. The summed E-state index contributed by atoms with van der Waals surface area (Å²) >= 11 is 0. The van der Waals surface area contributed by atoms with Crippen LogP contribution in [0.1, 0.15) is 70.0 Å². The average Bonchev–Trinajstić information content (AvgIpc) is 3.16. The summed E-state index contributed by atoms with van der Waals surface area (Å²) in [5.74, 6) is 3.59. The molecule has 190 valence electrons. The van der Waals surface area contributed by atoms with E-state index < -0.39 is 10.0 Å². The summed E-state index contributed by atoms with van der Waals surface area (Å²) < 4.78 is 29.7. The molecule has 1 aliphatic heterocycles. The van der Waals surface area contributed by atoms with E-state index in [2.05, 4.69) is 5.32 Å². The molecule has 1 N–H and O–H groups in total. The second kappa shape index (κ2) is 8.87. The molecule has 0 spiro atoms. The predicted molar refractivity (Wildman–Crippen MR) is 135 cm³/mol. The van der Waals surface area contributed by atoms with Gasteiger partial charge in [0.1, 0.15) is 5.82 Å². The Balaban J connectivity index is 1.10. The van der Waals surface area contributed by atoms with Crippen LogP contribution in [0.2, 0.25) is 0 Å². The molecule has 0 atom stereocenters. The third kappa shape index (κ3) is 4.41. The van der Waals surface area contributed by atoms with Crippen LogP contribution in [0, 0.1) is 23.2 Å². The Kier molecular flexibility index (Phi) is 5.95. The first-order valence-corrected chi connectivity index (χ1v) is 15.0. The molecule has 4 aliphatic carbocycles. The second-order valence-corrected chi connectivity index (χ2v) is 13.8. The van der Waals surface area contributed by atoms with Crippen LogP contribution in [0.15, 0.2) is 23.1 Å². The van der Waals surface area contributed by atoms with Gasteiger partial charge in [0.15, 0.2) is 0 Å². The van der Waals surface area contributed by atoms with E-state index in [1.54, 1.807) is 16.4 Å². The molecule has 1 aromatic heterocycles. The number of benzene rings is 1. The monoisotopic (exact) mass is 498 g/mol. The van der Waals surface area contributed by atoms with Gasteiger partial charge in [0.05, 0.1) is 15.9 Å². The van der Waals surface area contributed by atoms with Gasteiger partial charge in [-0.05, 0) is 92.7 Å². The van der Waals surface area contributed by atoms with Crippen LogP contribution in [0.5, 0.6) is 0 Å². The fraction of sp³-hybridized carbons (Fsp3) is 0.704. The summed E-state index contributed by atoms with van der Waals surface area (Å²) in [7, 11) is -1.55. The number of nitrogens with one attached hydrogen (secondary N) is 1. The molecule has 0 unspecified atom stereocenters. The fourth-order valence-electron chi connectivity index (χ4n) is 7.97. The van der Waals surface area contributed by atoms with Crippen molar-refractivity contribution < 1.29 is 13.2 Å². The molecule has 4 saturated carbocycles. The summed E-state index contributed by atoms with van der Waals surface area (Å²) in [6, 6.07) is 5.22. The minimum Gasteiger partial charge on any atom is -0.356 e. The first-order valence-electron chi connectivity index (χ1n) is 13.5. The number of fused-ring (bicyclic) bond motifs is 1. The number of hydrogen-bond acceptors (Lipinski definition) is 4. The van der Waals surface area contributed by atoms with Gasteiger partial charge in [-0.3, -0.25) is 4.79 Å². The highest BCUT2D eigenvalue weighted by molar-refractivity contribution is 7.89. The SMILES string of the molecule is Cn1c(CCC(=O)NCC23CC4CC(CC(C4)C2)C3)nc2cc(S(=O)(=O)N3CCCCC3)ccc21. The van der Waals surface area contributed by atoms with Crippen molar-refractivity contribution in [1.29, 1.82) is 0 Å². The van der Waals surface area contributed by atoms with Gasteiger partial charge in [0.2, 0.25) is 15.9 Å². The normalized spacial score (nSPS) is 30.7. The van der Waals surface area contributed by atoms with Gasteiger partial charge in [-0.25, -0.2) is 13.4 Å². The largest absolute Gasteiger partial charge is 0.356 e. The van der Waals surface area contributed by atoms with Crippen molar-refractivity contribution in [3.05, 3.63) is 24.0 Å². The summed E-state index contributed by atoms with van der Waals surface area (Å²) in [6.07, 6.45) is 12.0. The van der Waals surface area contributed by atoms with E-state index in [9.17, 15) is 13.2 Å². The Labute approximate surface area is 208 Å². The molecule has 0 radical (unpaired) electrons. The highest BCUT2D eigenvalue weighted by Gasteiger charge is 2.50. The number of hydrogen-bond donors (Lipinski definition) is 1. The van der Waals surface area contributed by atoms with Gasteiger partial charge in [-0.15, -0.1) is 0 Å². The standard InChI is InChI=1S/C27H38N4O3S/c1-30-24-6-5-22(35(33,34)31-9-3-2-4-10-31)14-23(24)29-25(30)7-8-26(32)28-18-27-15-19-11-20(16-27)13-21(12-19)17-27/h5-6,14,19-21H,2-4,7-13,15-18H2,1H3,(H,28,32). The summed E-state index contributed by atoms with van der Waals surface area (Å²) in [5.41, 5.74) is 1.92. The maximum atomic E-state index is 13.1. The zero-order valence-electron chi connectivity index (χ0n) is 20.8. The Morgan fingerprint density at radius 3 is 2.37 bits per heavy atom. The van der Waals surface area contributed by atoms with Crippen LogP contribution in [-0.2, 0) is 28.3 Å². The number of piperidine rings is 1. The molecule has 1 saturated heterocycles. The second-order valence-electron chi connectivity index (χ2n) is 11.9. The number of sulfonamides is 1. The molecule has 4 bridgehead atoms. The van der Waals surface area contributed by atoms with Crippen LogP contribution in [0.25, 0.3) is 11.0 Å². The van der Waals surface area contributed by atoms with Crippen molar-refractivity contribution in [2.24, 2.45) is 30.2 Å². The van der Waals surface area contributed by atoms with Crippen LogP contribution in [-0.4, -0.2) is 47.8 Å². The number of nitrogens with zero attached hydrogens (tertiary/aromatic N) is 3. The smallest absolute Gasteiger partial charge is 0.243 e. The lowest BCUT2D eigenvalue weighted by atomic mass is 9.49. The summed E-state index contributed by atoms with van der Waals surface area (Å²) in [5, 5.41) is 3.27. The lowest BCUT2D eigenvalue weighted by Gasteiger charge is -2.56. The van der Waals surface area contributed by atoms with Crippen LogP contribution in [0.3, 0.4) is 0 Å². The molecule has 1 aromatic carbocycles. The van der Waals surface area contributed by atoms with E-state index in [1.807, 2.05) is 17.7 Å². The first kappa shape index (κ1) is 23.5. The highest BCUT2D eigenvalue weighted by Crippen LogP contribution is 2.59. The highest BCUT2D eigenvalue weighted by atomic mass is 32.2. The molecule has 7 nitrogen and oxygen atoms in total.